The molecule has 30 heavy (non-hydrogen) atoms. The Morgan fingerprint density at radius 3 is 2.73 bits per heavy atom. The fourth-order valence-electron chi connectivity index (χ4n) is 4.33. The first-order valence-electron chi connectivity index (χ1n) is 10.9. The summed E-state index contributed by atoms with van der Waals surface area (Å²) in [7, 11) is 1.87. The minimum atomic E-state index is 0.107. The van der Waals surface area contributed by atoms with Crippen molar-refractivity contribution < 1.29 is 9.53 Å². The molecule has 1 aliphatic carbocycles. The van der Waals surface area contributed by atoms with E-state index in [1.807, 2.05) is 42.3 Å². The van der Waals surface area contributed by atoms with E-state index in [0.717, 1.165) is 61.1 Å². The second-order valence-corrected chi connectivity index (χ2v) is 8.94. The van der Waals surface area contributed by atoms with Gasteiger partial charge in [0, 0.05) is 32.0 Å². The van der Waals surface area contributed by atoms with E-state index in [1.165, 1.54) is 12.8 Å². The summed E-state index contributed by atoms with van der Waals surface area (Å²) in [6.07, 6.45) is 6.70. The van der Waals surface area contributed by atoms with Crippen molar-refractivity contribution in [2.24, 2.45) is 5.92 Å². The topological polar surface area (TPSA) is 45.7 Å². The zero-order chi connectivity index (χ0) is 20.9. The third-order valence-corrected chi connectivity index (χ3v) is 6.57. The summed E-state index contributed by atoms with van der Waals surface area (Å²) < 4.78 is 6.19. The second kappa shape index (κ2) is 9.80. The van der Waals surface area contributed by atoms with Gasteiger partial charge >= 0.3 is 0 Å². The molecule has 160 valence electrons. The molecule has 0 radical (unpaired) electrons. The number of hydrogen-bond donors (Lipinski definition) is 0. The molecule has 1 aromatic heterocycles. The first-order valence-corrected chi connectivity index (χ1v) is 11.3. The minimum absolute atomic E-state index is 0.107. The molecular formula is C24H30ClN3O2. The number of nitrogens with zero attached hydrogens (tertiary/aromatic N) is 3. The van der Waals surface area contributed by atoms with Crippen LogP contribution in [0.5, 0.6) is 5.75 Å². The maximum absolute atomic E-state index is 12.4. The van der Waals surface area contributed by atoms with Crippen LogP contribution in [0.4, 0.5) is 0 Å². The summed E-state index contributed by atoms with van der Waals surface area (Å²) in [4.78, 5) is 20.9. The van der Waals surface area contributed by atoms with E-state index >= 15 is 0 Å². The van der Waals surface area contributed by atoms with Crippen LogP contribution in [0.15, 0.2) is 42.6 Å². The van der Waals surface area contributed by atoms with Gasteiger partial charge in [-0.1, -0.05) is 29.8 Å². The molecule has 0 N–H and O–H groups in total. The van der Waals surface area contributed by atoms with E-state index in [-0.39, 0.29) is 12.0 Å². The average Bonchev–Trinajstić information content (AvgIpc) is 3.23. The number of pyridine rings is 1. The van der Waals surface area contributed by atoms with Crippen molar-refractivity contribution in [3.8, 4) is 5.75 Å². The standard InChI is InChI=1S/C24H30ClN3O2/c1-27(23(29)15-20-8-2-3-10-26-20)16-18-13-21(14-18)30-22-9-6-7-19(24(22)25)17-28-11-4-5-12-28/h2-3,6-10,18,21H,4-5,11-17H2,1H3. The van der Waals surface area contributed by atoms with Gasteiger partial charge in [-0.05, 0) is 68.5 Å². The molecule has 1 saturated carbocycles. The smallest absolute Gasteiger partial charge is 0.228 e. The molecule has 1 saturated heterocycles. The molecule has 0 atom stereocenters. The summed E-state index contributed by atoms with van der Waals surface area (Å²) in [5.74, 6) is 1.37. The number of carbonyl (C=O) groups excluding carboxylic acids is 1. The van der Waals surface area contributed by atoms with Crippen molar-refractivity contribution in [2.45, 2.75) is 44.8 Å². The van der Waals surface area contributed by atoms with Gasteiger partial charge in [0.1, 0.15) is 5.75 Å². The summed E-state index contributed by atoms with van der Waals surface area (Å²) in [5.41, 5.74) is 1.96. The van der Waals surface area contributed by atoms with Crippen LogP contribution in [0.2, 0.25) is 5.02 Å². The highest BCUT2D eigenvalue weighted by Gasteiger charge is 2.33. The number of benzene rings is 1. The largest absolute Gasteiger partial charge is 0.489 e. The maximum atomic E-state index is 12.4. The number of ether oxygens (including phenoxy) is 1. The summed E-state index contributed by atoms with van der Waals surface area (Å²) in [5, 5.41) is 0.746. The number of carbonyl (C=O) groups is 1. The van der Waals surface area contributed by atoms with Gasteiger partial charge in [-0.15, -0.1) is 0 Å². The molecule has 1 amide bonds. The summed E-state index contributed by atoms with van der Waals surface area (Å²) in [6, 6.07) is 11.8. The highest BCUT2D eigenvalue weighted by Crippen LogP contribution is 2.36. The van der Waals surface area contributed by atoms with Crippen molar-refractivity contribution in [1.29, 1.82) is 0 Å². The van der Waals surface area contributed by atoms with Gasteiger partial charge in [0.15, 0.2) is 0 Å². The van der Waals surface area contributed by atoms with E-state index in [9.17, 15) is 4.79 Å². The molecule has 0 unspecified atom stereocenters. The highest BCUT2D eigenvalue weighted by atomic mass is 35.5. The van der Waals surface area contributed by atoms with Crippen molar-refractivity contribution in [3.05, 3.63) is 58.9 Å². The molecule has 5 nitrogen and oxygen atoms in total. The lowest BCUT2D eigenvalue weighted by Crippen LogP contribution is -2.42. The van der Waals surface area contributed by atoms with E-state index in [1.54, 1.807) is 6.20 Å². The van der Waals surface area contributed by atoms with E-state index in [0.29, 0.717) is 12.3 Å². The van der Waals surface area contributed by atoms with Crippen molar-refractivity contribution in [1.82, 2.24) is 14.8 Å². The minimum Gasteiger partial charge on any atom is -0.489 e. The molecule has 0 bridgehead atoms. The van der Waals surface area contributed by atoms with Crippen LogP contribution in [0.1, 0.15) is 36.9 Å². The Morgan fingerprint density at radius 2 is 2.00 bits per heavy atom. The molecule has 6 heteroatoms. The molecule has 2 fully saturated rings. The molecule has 2 heterocycles. The Hall–Kier alpha value is -2.11. The third kappa shape index (κ3) is 5.32. The number of rotatable bonds is 8. The van der Waals surface area contributed by atoms with E-state index in [2.05, 4.69) is 16.0 Å². The Bertz CT molecular complexity index is 849. The lowest BCUT2D eigenvalue weighted by Gasteiger charge is -2.37. The van der Waals surface area contributed by atoms with Crippen LogP contribution in [-0.4, -0.2) is 53.5 Å². The van der Waals surface area contributed by atoms with Crippen molar-refractivity contribution in [2.75, 3.05) is 26.7 Å². The lowest BCUT2D eigenvalue weighted by molar-refractivity contribution is -0.130. The number of hydrogen-bond acceptors (Lipinski definition) is 4. The molecule has 1 aromatic carbocycles. The number of likely N-dealkylation sites (N-methyl/N-ethyl adjacent to an activating group) is 1. The zero-order valence-corrected chi connectivity index (χ0v) is 18.4. The maximum Gasteiger partial charge on any atom is 0.228 e. The van der Waals surface area contributed by atoms with E-state index in [4.69, 9.17) is 16.3 Å². The Kier molecular flexibility index (Phi) is 6.90. The fraction of sp³-hybridized carbons (Fsp3) is 0.500. The van der Waals surface area contributed by atoms with Gasteiger partial charge in [0.25, 0.3) is 0 Å². The first-order chi connectivity index (χ1) is 14.6. The number of likely N-dealkylation sites (tertiary alicyclic amines) is 1. The van der Waals surface area contributed by atoms with Crippen LogP contribution in [0.3, 0.4) is 0 Å². The molecular weight excluding hydrogens is 398 g/mol. The Labute approximate surface area is 184 Å². The molecule has 1 aliphatic heterocycles. The van der Waals surface area contributed by atoms with Gasteiger partial charge in [-0.3, -0.25) is 14.7 Å². The predicted molar refractivity (Wildman–Crippen MR) is 119 cm³/mol. The molecule has 2 aromatic rings. The van der Waals surface area contributed by atoms with Gasteiger partial charge < -0.3 is 9.64 Å². The predicted octanol–water partition coefficient (Wildman–Crippen LogP) is 4.19. The van der Waals surface area contributed by atoms with Gasteiger partial charge in [-0.25, -0.2) is 0 Å². The number of aromatic nitrogens is 1. The van der Waals surface area contributed by atoms with Crippen molar-refractivity contribution >= 4 is 17.5 Å². The SMILES string of the molecule is CN(CC1CC(Oc2cccc(CN3CCCC3)c2Cl)C1)C(=O)Cc1ccccn1. The van der Waals surface area contributed by atoms with Gasteiger partial charge in [-0.2, -0.15) is 0 Å². The Morgan fingerprint density at radius 1 is 1.20 bits per heavy atom. The van der Waals surface area contributed by atoms with Gasteiger partial charge in [0.2, 0.25) is 5.91 Å². The second-order valence-electron chi connectivity index (χ2n) is 8.56. The summed E-state index contributed by atoms with van der Waals surface area (Å²) >= 11 is 6.64. The monoisotopic (exact) mass is 427 g/mol. The molecule has 0 spiro atoms. The first kappa shape index (κ1) is 21.1. The fourth-order valence-corrected chi connectivity index (χ4v) is 4.56. The lowest BCUT2D eigenvalue weighted by atomic mass is 9.82. The van der Waals surface area contributed by atoms with Crippen molar-refractivity contribution in [3.63, 3.8) is 0 Å². The number of halogens is 1. The van der Waals surface area contributed by atoms with Crippen LogP contribution in [-0.2, 0) is 17.8 Å². The Balaban J connectivity index is 1.23. The van der Waals surface area contributed by atoms with Crippen LogP contribution < -0.4 is 4.74 Å². The zero-order valence-electron chi connectivity index (χ0n) is 17.6. The molecule has 4 rings (SSSR count). The normalized spacial score (nSPS) is 21.3. The van der Waals surface area contributed by atoms with Crippen LogP contribution >= 0.6 is 11.6 Å². The van der Waals surface area contributed by atoms with Crippen LogP contribution in [0.25, 0.3) is 0 Å². The average molecular weight is 428 g/mol. The van der Waals surface area contributed by atoms with Gasteiger partial charge in [0.05, 0.1) is 17.5 Å². The number of amides is 1. The summed E-state index contributed by atoms with van der Waals surface area (Å²) in [6.45, 7) is 3.96. The quantitative estimate of drug-likeness (QED) is 0.633. The van der Waals surface area contributed by atoms with Crippen LogP contribution in [0, 0.1) is 5.92 Å². The molecule has 2 aliphatic rings. The third-order valence-electron chi connectivity index (χ3n) is 6.14. The highest BCUT2D eigenvalue weighted by molar-refractivity contribution is 6.32. The van der Waals surface area contributed by atoms with E-state index < -0.39 is 0 Å².